The van der Waals surface area contributed by atoms with Gasteiger partial charge in [0, 0.05) is 56.7 Å². The Morgan fingerprint density at radius 3 is 2.02 bits per heavy atom. The van der Waals surface area contributed by atoms with E-state index < -0.39 is 0 Å². The van der Waals surface area contributed by atoms with Crippen LogP contribution in [0.15, 0.2) is 147 Å². The summed E-state index contributed by atoms with van der Waals surface area (Å²) in [6.45, 7) is 1.99. The van der Waals surface area contributed by atoms with Crippen LogP contribution in [0.2, 0.25) is 0 Å². The summed E-state index contributed by atoms with van der Waals surface area (Å²) in [4.78, 5) is 26.6. The molecule has 0 bridgehead atoms. The molecule has 7 nitrogen and oxygen atoms in total. The van der Waals surface area contributed by atoms with E-state index in [0.29, 0.717) is 27.7 Å². The number of nitrogens with zero attached hydrogens (tertiary/aromatic N) is 3. The quantitative estimate of drug-likeness (QED) is 0.173. The van der Waals surface area contributed by atoms with Crippen molar-refractivity contribution in [2.24, 2.45) is 7.05 Å². The van der Waals surface area contributed by atoms with Crippen LogP contribution in [-0.4, -0.2) is 20.2 Å². The van der Waals surface area contributed by atoms with E-state index in [0.717, 1.165) is 88.8 Å². The molecule has 252 valence electrons. The van der Waals surface area contributed by atoms with Crippen molar-refractivity contribution in [3.05, 3.63) is 155 Å². The van der Waals surface area contributed by atoms with Gasteiger partial charge in [0.25, 0.3) is 5.56 Å². The molecule has 7 aromatic carbocycles. The summed E-state index contributed by atoms with van der Waals surface area (Å²) >= 11 is 0. The Morgan fingerprint density at radius 1 is 0.566 bits per heavy atom. The van der Waals surface area contributed by atoms with Gasteiger partial charge in [-0.05, 0) is 84.3 Å². The van der Waals surface area contributed by atoms with Crippen LogP contribution in [0.3, 0.4) is 0 Å². The van der Waals surface area contributed by atoms with Gasteiger partial charge in [0.15, 0.2) is 11.9 Å². The number of carbonyl (C=O) groups excluding carboxylic acids is 1. The number of hydrogen-bond acceptors (Lipinski definition) is 4. The molecule has 4 heterocycles. The number of fused-ring (bicyclic) bond motifs is 11. The highest BCUT2D eigenvalue weighted by Crippen LogP contribution is 2.39. The molecule has 0 unspecified atom stereocenters. The monoisotopic (exact) mass is 687 g/mol. The Balaban J connectivity index is 1.12. The number of para-hydroxylation sites is 3. The molecule has 0 aliphatic carbocycles. The van der Waals surface area contributed by atoms with Crippen molar-refractivity contribution in [3.63, 3.8) is 0 Å². The van der Waals surface area contributed by atoms with Crippen LogP contribution in [0.4, 0.5) is 0 Å². The summed E-state index contributed by atoms with van der Waals surface area (Å²) in [5, 5.41) is 6.87. The van der Waals surface area contributed by atoms with E-state index in [1.807, 2.05) is 72.3 Å². The van der Waals surface area contributed by atoms with Crippen molar-refractivity contribution in [3.8, 4) is 22.5 Å². The number of benzene rings is 7. The van der Waals surface area contributed by atoms with Crippen LogP contribution >= 0.6 is 0 Å². The van der Waals surface area contributed by atoms with Crippen molar-refractivity contribution in [1.82, 2.24) is 13.9 Å². The lowest BCUT2D eigenvalue weighted by atomic mass is 9.97. The number of aryl methyl sites for hydroxylation is 1. The largest absolute Gasteiger partial charge is 0.456 e. The maximum atomic E-state index is 13.6. The average molecular weight is 688 g/mol. The number of rotatable bonds is 4. The zero-order valence-corrected chi connectivity index (χ0v) is 28.8. The lowest BCUT2D eigenvalue weighted by molar-refractivity contribution is 0.112. The van der Waals surface area contributed by atoms with Gasteiger partial charge in [0.05, 0.1) is 22.1 Å². The van der Waals surface area contributed by atoms with Crippen molar-refractivity contribution >= 4 is 82.9 Å². The molecule has 0 radical (unpaired) electrons. The van der Waals surface area contributed by atoms with Crippen LogP contribution in [0.1, 0.15) is 15.9 Å². The highest BCUT2D eigenvalue weighted by atomic mass is 16.3. The Bertz CT molecular complexity index is 3420. The topological polar surface area (TPSA) is 75.2 Å². The highest BCUT2D eigenvalue weighted by molar-refractivity contribution is 6.15. The maximum Gasteiger partial charge on any atom is 0.274 e. The molecule has 0 N–H and O–H groups in total. The van der Waals surface area contributed by atoms with Gasteiger partial charge >= 0.3 is 0 Å². The minimum absolute atomic E-state index is 0.165. The molecule has 11 rings (SSSR count). The molecule has 7 heteroatoms. The van der Waals surface area contributed by atoms with E-state index in [-0.39, 0.29) is 5.56 Å². The van der Waals surface area contributed by atoms with Gasteiger partial charge in [-0.25, -0.2) is 9.36 Å². The zero-order chi connectivity index (χ0) is 35.5. The van der Waals surface area contributed by atoms with Crippen LogP contribution in [0.5, 0.6) is 0 Å². The SMILES string of the molecule is Cc1cc(-c2ccc3c4ccccc4n(-c4ccc5c(c4)oc4ccccc45)c3c2)cc(C=O)c1-n1c2c(ccc3c4ccccc4oc32)c(=O)n1C. The first kappa shape index (κ1) is 29.6. The van der Waals surface area contributed by atoms with E-state index in [4.69, 9.17) is 8.83 Å². The van der Waals surface area contributed by atoms with Gasteiger partial charge in [0.1, 0.15) is 22.3 Å². The first-order valence-electron chi connectivity index (χ1n) is 17.6. The lowest BCUT2D eigenvalue weighted by Gasteiger charge is -2.17. The van der Waals surface area contributed by atoms with Gasteiger partial charge < -0.3 is 13.4 Å². The Morgan fingerprint density at radius 2 is 1.21 bits per heavy atom. The van der Waals surface area contributed by atoms with Crippen LogP contribution in [0, 0.1) is 6.92 Å². The fourth-order valence-corrected chi connectivity index (χ4v) is 8.47. The highest BCUT2D eigenvalue weighted by Gasteiger charge is 2.23. The van der Waals surface area contributed by atoms with Gasteiger partial charge in [0.2, 0.25) is 0 Å². The van der Waals surface area contributed by atoms with Gasteiger partial charge in [-0.15, -0.1) is 0 Å². The maximum absolute atomic E-state index is 13.6. The minimum atomic E-state index is -0.165. The molecule has 0 saturated carbocycles. The van der Waals surface area contributed by atoms with E-state index >= 15 is 0 Å². The molecule has 0 spiro atoms. The number of carbonyl (C=O) groups is 1. The number of hydrogen-bond donors (Lipinski definition) is 0. The summed E-state index contributed by atoms with van der Waals surface area (Å²) in [6, 6.07) is 45.1. The average Bonchev–Trinajstić information content (AvgIpc) is 3.92. The van der Waals surface area contributed by atoms with Gasteiger partial charge in [-0.3, -0.25) is 9.59 Å². The second kappa shape index (κ2) is 10.7. The molecule has 0 amide bonds. The van der Waals surface area contributed by atoms with Crippen molar-refractivity contribution in [2.45, 2.75) is 6.92 Å². The molecule has 0 aliphatic heterocycles. The van der Waals surface area contributed by atoms with Gasteiger partial charge in [-0.1, -0.05) is 66.7 Å². The van der Waals surface area contributed by atoms with E-state index in [1.54, 1.807) is 11.7 Å². The lowest BCUT2D eigenvalue weighted by Crippen LogP contribution is -2.19. The molecule has 0 fully saturated rings. The second-order valence-corrected chi connectivity index (χ2v) is 13.8. The van der Waals surface area contributed by atoms with Gasteiger partial charge in [-0.2, -0.15) is 0 Å². The van der Waals surface area contributed by atoms with Crippen molar-refractivity contribution < 1.29 is 13.6 Å². The Kier molecular flexibility index (Phi) is 5.97. The predicted molar refractivity (Wildman–Crippen MR) is 213 cm³/mol. The Hall–Kier alpha value is -7.12. The molecular formula is C46H29N3O4. The third-order valence-corrected chi connectivity index (χ3v) is 10.9. The summed E-state index contributed by atoms with van der Waals surface area (Å²) in [5.74, 6) is 0. The molecule has 0 saturated heterocycles. The van der Waals surface area contributed by atoms with Crippen molar-refractivity contribution in [1.29, 1.82) is 0 Å². The molecule has 11 aromatic rings. The predicted octanol–water partition coefficient (Wildman–Crippen LogP) is 11.0. The standard InChI is InChI=1S/C46H29N3O4/c1-26-21-28(22-29(25-50)43(26)49-44-37(46(51)47(49)2)20-19-36-34-11-5-8-14-41(34)53-45(36)44)27-15-17-32-31-9-3-6-12-38(31)48(39(32)23-27)30-16-18-35-33-10-4-7-13-40(33)52-42(35)24-30/h3-25H,1-2H3. The Labute approximate surface area is 301 Å². The molecule has 4 aromatic heterocycles. The third kappa shape index (κ3) is 4.04. The second-order valence-electron chi connectivity index (χ2n) is 13.8. The molecule has 0 aliphatic rings. The molecule has 53 heavy (non-hydrogen) atoms. The van der Waals surface area contributed by atoms with E-state index in [2.05, 4.69) is 77.4 Å². The first-order valence-corrected chi connectivity index (χ1v) is 17.6. The van der Waals surface area contributed by atoms with Crippen LogP contribution < -0.4 is 5.56 Å². The third-order valence-electron chi connectivity index (χ3n) is 10.9. The summed E-state index contributed by atoms with van der Waals surface area (Å²) < 4.78 is 18.4. The summed E-state index contributed by atoms with van der Waals surface area (Å²) in [6.07, 6.45) is 0.874. The van der Waals surface area contributed by atoms with E-state index in [9.17, 15) is 9.59 Å². The number of furan rings is 2. The van der Waals surface area contributed by atoms with E-state index in [1.165, 1.54) is 0 Å². The smallest absolute Gasteiger partial charge is 0.274 e. The normalized spacial score (nSPS) is 12.1. The minimum Gasteiger partial charge on any atom is -0.456 e. The fourth-order valence-electron chi connectivity index (χ4n) is 8.47. The van der Waals surface area contributed by atoms with Crippen LogP contribution in [-0.2, 0) is 7.05 Å². The zero-order valence-electron chi connectivity index (χ0n) is 28.8. The summed E-state index contributed by atoms with van der Waals surface area (Å²) in [7, 11) is 1.73. The molecular weight excluding hydrogens is 659 g/mol. The van der Waals surface area contributed by atoms with Crippen LogP contribution in [0.25, 0.3) is 99.1 Å². The number of aldehydes is 1. The fraction of sp³-hybridized carbons (Fsp3) is 0.0435. The first-order chi connectivity index (χ1) is 26.0. The number of aromatic nitrogens is 3. The van der Waals surface area contributed by atoms with Crippen molar-refractivity contribution in [2.75, 3.05) is 0 Å². The molecule has 0 atom stereocenters. The summed E-state index contributed by atoms with van der Waals surface area (Å²) in [5.41, 5.74) is 10.5.